The van der Waals surface area contributed by atoms with Crippen LogP contribution in [0.25, 0.3) is 0 Å². The van der Waals surface area contributed by atoms with Crippen molar-refractivity contribution in [1.82, 2.24) is 0 Å². The smallest absolute Gasteiger partial charge is 0.341 e. The lowest BCUT2D eigenvalue weighted by Crippen LogP contribution is -2.20. The molecule has 8 nitrogen and oxygen atoms in total. The Balaban J connectivity index is 1.58. The van der Waals surface area contributed by atoms with Gasteiger partial charge in [0.2, 0.25) is 11.8 Å². The fourth-order valence-electron chi connectivity index (χ4n) is 4.28. The normalized spacial score (nSPS) is 13.2. The number of thioether (sulfide) groups is 1. The zero-order valence-electron chi connectivity index (χ0n) is 20.8. The highest BCUT2D eigenvalue weighted by Gasteiger charge is 2.29. The van der Waals surface area contributed by atoms with Crippen LogP contribution in [-0.4, -0.2) is 36.0 Å². The second kappa shape index (κ2) is 12.7. The highest BCUT2D eigenvalue weighted by Crippen LogP contribution is 2.41. The molecule has 0 saturated carbocycles. The third-order valence-electron chi connectivity index (χ3n) is 6.08. The van der Waals surface area contributed by atoms with E-state index in [-0.39, 0.29) is 18.7 Å². The summed E-state index contributed by atoms with van der Waals surface area (Å²) in [6, 6.07) is 16.4. The molecule has 1 unspecified atom stereocenters. The molecule has 3 aromatic rings. The molecule has 0 bridgehead atoms. The molecule has 2 aromatic carbocycles. The first-order chi connectivity index (χ1) is 18.4. The van der Waals surface area contributed by atoms with E-state index in [1.165, 1.54) is 30.2 Å². The second-order valence-electron chi connectivity index (χ2n) is 8.77. The number of carboxylic acids is 1. The van der Waals surface area contributed by atoms with E-state index in [1.807, 2.05) is 36.4 Å². The van der Waals surface area contributed by atoms with Crippen molar-refractivity contribution in [2.75, 3.05) is 17.7 Å². The van der Waals surface area contributed by atoms with Crippen molar-refractivity contribution < 1.29 is 29.0 Å². The van der Waals surface area contributed by atoms with Gasteiger partial charge in [-0.25, -0.2) is 4.79 Å². The van der Waals surface area contributed by atoms with Gasteiger partial charge < -0.3 is 20.5 Å². The van der Waals surface area contributed by atoms with Crippen molar-refractivity contribution in [1.29, 1.82) is 0 Å². The molecule has 4 rings (SSSR count). The average Bonchev–Trinajstić information content (AvgIpc) is 3.28. The van der Waals surface area contributed by atoms with Gasteiger partial charge in [-0.3, -0.25) is 14.4 Å². The van der Waals surface area contributed by atoms with Crippen LogP contribution in [0.5, 0.6) is 0 Å². The Kier molecular flexibility index (Phi) is 9.19. The first kappa shape index (κ1) is 27.4. The van der Waals surface area contributed by atoms with E-state index in [0.717, 1.165) is 46.6 Å². The third-order valence-corrected chi connectivity index (χ3v) is 8.53. The van der Waals surface area contributed by atoms with Crippen LogP contribution in [0.1, 0.15) is 57.3 Å². The number of carboxylic acid groups (broad SMARTS) is 1. The summed E-state index contributed by atoms with van der Waals surface area (Å²) in [5.74, 6) is -2.16. The molecule has 1 heterocycles. The number of benzene rings is 2. The number of aryl methyl sites for hydroxylation is 1. The first-order valence-electron chi connectivity index (χ1n) is 12.2. The Morgan fingerprint density at radius 2 is 1.76 bits per heavy atom. The largest absolute Gasteiger partial charge is 0.481 e. The maximum atomic E-state index is 13.7. The molecular formula is C28H28N2O6S2. The van der Waals surface area contributed by atoms with Crippen LogP contribution in [0.4, 0.5) is 10.7 Å². The number of amides is 2. The fraction of sp³-hybridized carbons (Fsp3) is 0.286. The minimum atomic E-state index is -1.04. The monoisotopic (exact) mass is 552 g/mol. The first-order valence-corrected chi connectivity index (χ1v) is 13.9. The van der Waals surface area contributed by atoms with Crippen molar-refractivity contribution >= 4 is 57.5 Å². The zero-order chi connectivity index (χ0) is 27.1. The summed E-state index contributed by atoms with van der Waals surface area (Å²) in [5, 5.41) is 14.4. The molecule has 0 aliphatic heterocycles. The summed E-state index contributed by atoms with van der Waals surface area (Å²) in [4.78, 5) is 51.0. The van der Waals surface area contributed by atoms with E-state index in [2.05, 4.69) is 10.6 Å². The predicted molar refractivity (Wildman–Crippen MR) is 148 cm³/mol. The molecule has 1 aromatic heterocycles. The van der Waals surface area contributed by atoms with E-state index in [4.69, 9.17) is 9.84 Å². The molecule has 38 heavy (non-hydrogen) atoms. The van der Waals surface area contributed by atoms with E-state index in [1.54, 1.807) is 18.2 Å². The summed E-state index contributed by atoms with van der Waals surface area (Å²) in [5.41, 5.74) is 2.71. The number of aliphatic carboxylic acids is 1. The SMILES string of the molecule is COC(=O)c1c(NC(=O)C(Sc2cccc(NC(=O)CCC(=O)O)c2)c2ccccc2)sc2c1CCCC2. The zero-order valence-corrected chi connectivity index (χ0v) is 22.5. The average molecular weight is 553 g/mol. The summed E-state index contributed by atoms with van der Waals surface area (Å²) < 4.78 is 5.04. The van der Waals surface area contributed by atoms with Crippen molar-refractivity contribution in [2.45, 2.75) is 48.7 Å². The number of nitrogens with one attached hydrogen (secondary N) is 2. The summed E-state index contributed by atoms with van der Waals surface area (Å²) in [7, 11) is 1.34. The third kappa shape index (κ3) is 6.81. The molecule has 0 spiro atoms. The molecule has 1 atom stereocenters. The summed E-state index contributed by atoms with van der Waals surface area (Å²) in [6.45, 7) is 0. The number of carbonyl (C=O) groups is 4. The number of esters is 1. The van der Waals surface area contributed by atoms with Gasteiger partial charge >= 0.3 is 11.9 Å². The van der Waals surface area contributed by atoms with Gasteiger partial charge in [0.1, 0.15) is 10.3 Å². The summed E-state index contributed by atoms with van der Waals surface area (Å²) >= 11 is 2.75. The molecule has 198 valence electrons. The van der Waals surface area contributed by atoms with Crippen LogP contribution in [0, 0.1) is 0 Å². The van der Waals surface area contributed by atoms with Crippen molar-refractivity contribution in [3.8, 4) is 0 Å². The number of hydrogen-bond donors (Lipinski definition) is 3. The predicted octanol–water partition coefficient (Wildman–Crippen LogP) is 5.69. The van der Waals surface area contributed by atoms with Gasteiger partial charge in [-0.2, -0.15) is 0 Å². The fourth-order valence-corrected chi connectivity index (χ4v) is 6.64. The Morgan fingerprint density at radius 1 is 1.00 bits per heavy atom. The lowest BCUT2D eigenvalue weighted by atomic mass is 9.95. The molecule has 0 fully saturated rings. The van der Waals surface area contributed by atoms with Crippen molar-refractivity contribution in [2.24, 2.45) is 0 Å². The lowest BCUT2D eigenvalue weighted by Gasteiger charge is -2.18. The lowest BCUT2D eigenvalue weighted by molar-refractivity contribution is -0.138. The number of ether oxygens (including phenoxy) is 1. The van der Waals surface area contributed by atoms with Gasteiger partial charge in [-0.1, -0.05) is 36.4 Å². The molecular weight excluding hydrogens is 524 g/mol. The number of anilines is 2. The van der Waals surface area contributed by atoms with Crippen LogP contribution in [0.2, 0.25) is 0 Å². The molecule has 0 saturated heterocycles. The topological polar surface area (TPSA) is 122 Å². The highest BCUT2D eigenvalue weighted by atomic mass is 32.2. The Labute approximate surface area is 228 Å². The molecule has 3 N–H and O–H groups in total. The molecule has 1 aliphatic carbocycles. The van der Waals surface area contributed by atoms with Gasteiger partial charge in [-0.15, -0.1) is 23.1 Å². The van der Waals surface area contributed by atoms with E-state index in [0.29, 0.717) is 16.3 Å². The van der Waals surface area contributed by atoms with Crippen LogP contribution in [0.15, 0.2) is 59.5 Å². The van der Waals surface area contributed by atoms with E-state index < -0.39 is 23.1 Å². The number of thiophene rings is 1. The maximum absolute atomic E-state index is 13.7. The minimum Gasteiger partial charge on any atom is -0.481 e. The number of rotatable bonds is 10. The van der Waals surface area contributed by atoms with Gasteiger partial charge in [0.15, 0.2) is 0 Å². The van der Waals surface area contributed by atoms with Gasteiger partial charge in [0.05, 0.1) is 19.1 Å². The van der Waals surface area contributed by atoms with Crippen molar-refractivity contribution in [3.05, 3.63) is 76.2 Å². The maximum Gasteiger partial charge on any atom is 0.341 e. The quantitative estimate of drug-likeness (QED) is 0.218. The second-order valence-corrected chi connectivity index (χ2v) is 11.1. The number of fused-ring (bicyclic) bond motifs is 1. The minimum absolute atomic E-state index is 0.130. The number of carbonyl (C=O) groups excluding carboxylic acids is 3. The van der Waals surface area contributed by atoms with Crippen LogP contribution in [0.3, 0.4) is 0 Å². The molecule has 0 radical (unpaired) electrons. The summed E-state index contributed by atoms with van der Waals surface area (Å²) in [6.07, 6.45) is 3.32. The molecule has 10 heteroatoms. The van der Waals surface area contributed by atoms with Crippen LogP contribution < -0.4 is 10.6 Å². The Morgan fingerprint density at radius 3 is 2.50 bits per heavy atom. The van der Waals surface area contributed by atoms with E-state index >= 15 is 0 Å². The van der Waals surface area contributed by atoms with Crippen molar-refractivity contribution in [3.63, 3.8) is 0 Å². The Bertz CT molecular complexity index is 1340. The Hall–Kier alpha value is -3.63. The highest BCUT2D eigenvalue weighted by molar-refractivity contribution is 8.00. The van der Waals surface area contributed by atoms with Crippen LogP contribution in [-0.2, 0) is 32.0 Å². The van der Waals surface area contributed by atoms with Gasteiger partial charge in [0.25, 0.3) is 0 Å². The number of methoxy groups -OCH3 is 1. The standard InChI is InChI=1S/C28H28N2O6S2/c1-36-28(35)24-20-12-5-6-13-21(20)38-27(24)30-26(34)25(17-8-3-2-4-9-17)37-19-11-7-10-18(16-19)29-22(31)14-15-23(32)33/h2-4,7-11,16,25H,5-6,12-15H2,1H3,(H,29,31)(H,30,34)(H,32,33). The van der Waals surface area contributed by atoms with Gasteiger partial charge in [0, 0.05) is 21.9 Å². The van der Waals surface area contributed by atoms with Crippen LogP contribution >= 0.6 is 23.1 Å². The number of hydrogen-bond acceptors (Lipinski definition) is 7. The van der Waals surface area contributed by atoms with E-state index in [9.17, 15) is 19.2 Å². The van der Waals surface area contributed by atoms with Gasteiger partial charge in [-0.05, 0) is 55.0 Å². The molecule has 2 amide bonds. The molecule has 1 aliphatic rings.